The zero-order chi connectivity index (χ0) is 19.3. The molecule has 142 valence electrons. The van der Waals surface area contributed by atoms with Crippen LogP contribution in [0.1, 0.15) is 32.1 Å². The van der Waals surface area contributed by atoms with Crippen LogP contribution in [0.5, 0.6) is 0 Å². The van der Waals surface area contributed by atoms with Crippen molar-refractivity contribution in [2.45, 2.75) is 42.7 Å². The number of carbonyl (C=O) groups is 2. The molecule has 0 unspecified atom stereocenters. The number of likely N-dealkylation sites (N-methyl/N-ethyl adjacent to an activating group) is 1. The first-order valence-electron chi connectivity index (χ1n) is 8.70. The molecule has 1 amide bonds. The fourth-order valence-electron chi connectivity index (χ4n) is 3.19. The maximum absolute atomic E-state index is 12.4. The Morgan fingerprint density at radius 3 is 2.89 bits per heavy atom. The average molecular weight is 405 g/mol. The summed E-state index contributed by atoms with van der Waals surface area (Å²) in [7, 11) is 1.62. The van der Waals surface area contributed by atoms with Gasteiger partial charge in [0.25, 0.3) is 5.91 Å². The first-order chi connectivity index (χ1) is 13.1. The molecule has 1 aliphatic carbocycles. The Balaban J connectivity index is 1.50. The van der Waals surface area contributed by atoms with Gasteiger partial charge in [0.05, 0.1) is 11.8 Å². The van der Waals surface area contributed by atoms with Crippen molar-refractivity contribution in [2.75, 3.05) is 19.4 Å². The first-order valence-corrected chi connectivity index (χ1v) is 10.6. The Kier molecular flexibility index (Phi) is 6.29. The van der Waals surface area contributed by atoms with E-state index in [1.807, 2.05) is 11.4 Å². The number of ether oxygens (including phenoxy) is 1. The highest BCUT2D eigenvalue weighted by Gasteiger charge is 2.38. The van der Waals surface area contributed by atoms with Crippen LogP contribution in [0, 0.1) is 11.3 Å². The van der Waals surface area contributed by atoms with Crippen LogP contribution in [0.4, 0.5) is 0 Å². The smallest absolute Gasteiger partial charge is 0.316 e. The molecule has 9 heteroatoms. The minimum absolute atomic E-state index is 0.0579. The standard InChI is InChI=1S/C18H20N4O3S2/c1-22(18(11-19)6-3-2-4-7-18)14(23)9-25-15(24)10-27-17-13-5-8-26-16(13)20-12-21-17/h5,8,12H,2-4,6-7,9-10H2,1H3. The van der Waals surface area contributed by atoms with Gasteiger partial charge < -0.3 is 9.64 Å². The molecule has 1 aliphatic rings. The van der Waals surface area contributed by atoms with E-state index in [0.29, 0.717) is 17.9 Å². The number of rotatable bonds is 6. The van der Waals surface area contributed by atoms with Gasteiger partial charge in [-0.2, -0.15) is 5.26 Å². The van der Waals surface area contributed by atoms with Crippen LogP contribution < -0.4 is 0 Å². The summed E-state index contributed by atoms with van der Waals surface area (Å²) in [6.07, 6.45) is 5.74. The van der Waals surface area contributed by atoms with E-state index in [1.165, 1.54) is 34.3 Å². The molecule has 3 rings (SSSR count). The van der Waals surface area contributed by atoms with Crippen LogP contribution in [-0.4, -0.2) is 51.7 Å². The van der Waals surface area contributed by atoms with Crippen molar-refractivity contribution in [2.24, 2.45) is 0 Å². The van der Waals surface area contributed by atoms with Gasteiger partial charge in [0.2, 0.25) is 0 Å². The molecular formula is C18H20N4O3S2. The molecule has 0 N–H and O–H groups in total. The number of fused-ring (bicyclic) bond motifs is 1. The molecule has 0 atom stereocenters. The number of nitriles is 1. The lowest BCUT2D eigenvalue weighted by Gasteiger charge is -2.38. The quantitative estimate of drug-likeness (QED) is 0.415. The van der Waals surface area contributed by atoms with Gasteiger partial charge in [0.1, 0.15) is 21.7 Å². The van der Waals surface area contributed by atoms with E-state index in [2.05, 4.69) is 16.0 Å². The number of thioether (sulfide) groups is 1. The highest BCUT2D eigenvalue weighted by atomic mass is 32.2. The minimum atomic E-state index is -0.776. The molecular weight excluding hydrogens is 384 g/mol. The summed E-state index contributed by atoms with van der Waals surface area (Å²) in [4.78, 5) is 35.1. The normalized spacial score (nSPS) is 15.9. The van der Waals surface area contributed by atoms with Gasteiger partial charge in [-0.05, 0) is 24.3 Å². The Morgan fingerprint density at radius 1 is 1.37 bits per heavy atom. The van der Waals surface area contributed by atoms with Gasteiger partial charge >= 0.3 is 5.97 Å². The van der Waals surface area contributed by atoms with Crippen molar-refractivity contribution in [3.63, 3.8) is 0 Å². The van der Waals surface area contributed by atoms with E-state index in [1.54, 1.807) is 7.05 Å². The molecule has 1 saturated carbocycles. The van der Waals surface area contributed by atoms with E-state index in [-0.39, 0.29) is 18.3 Å². The lowest BCUT2D eigenvalue weighted by atomic mass is 9.81. The number of amides is 1. The third-order valence-electron chi connectivity index (χ3n) is 4.81. The zero-order valence-corrected chi connectivity index (χ0v) is 16.6. The number of aromatic nitrogens is 2. The highest BCUT2D eigenvalue weighted by Crippen LogP contribution is 2.32. The maximum atomic E-state index is 12.4. The Bertz CT molecular complexity index is 871. The lowest BCUT2D eigenvalue weighted by Crippen LogP contribution is -2.51. The van der Waals surface area contributed by atoms with Crippen molar-refractivity contribution >= 4 is 45.2 Å². The van der Waals surface area contributed by atoms with Crippen LogP contribution in [0.25, 0.3) is 10.2 Å². The summed E-state index contributed by atoms with van der Waals surface area (Å²) in [6.45, 7) is -0.350. The second-order valence-corrected chi connectivity index (χ2v) is 8.28. The van der Waals surface area contributed by atoms with Gasteiger partial charge in [-0.1, -0.05) is 31.0 Å². The number of nitrogens with zero attached hydrogens (tertiary/aromatic N) is 4. The van der Waals surface area contributed by atoms with E-state index < -0.39 is 11.5 Å². The highest BCUT2D eigenvalue weighted by molar-refractivity contribution is 8.00. The molecule has 2 heterocycles. The fourth-order valence-corrected chi connectivity index (χ4v) is 4.77. The van der Waals surface area contributed by atoms with Gasteiger partial charge in [0, 0.05) is 12.4 Å². The minimum Gasteiger partial charge on any atom is -0.455 e. The summed E-state index contributed by atoms with van der Waals surface area (Å²) < 4.78 is 5.12. The fraction of sp³-hybridized carbons (Fsp3) is 0.500. The monoisotopic (exact) mass is 404 g/mol. The zero-order valence-electron chi connectivity index (χ0n) is 15.0. The molecule has 2 aromatic heterocycles. The number of carbonyl (C=O) groups excluding carboxylic acids is 2. The SMILES string of the molecule is CN(C(=O)COC(=O)CSc1ncnc2sccc12)C1(C#N)CCCCC1. The predicted molar refractivity (Wildman–Crippen MR) is 103 cm³/mol. The lowest BCUT2D eigenvalue weighted by molar-refractivity contribution is -0.151. The van der Waals surface area contributed by atoms with Gasteiger partial charge in [0.15, 0.2) is 6.61 Å². The molecule has 27 heavy (non-hydrogen) atoms. The number of thiophene rings is 1. The van der Waals surface area contributed by atoms with Crippen LogP contribution in [0.2, 0.25) is 0 Å². The molecule has 2 aromatic rings. The summed E-state index contributed by atoms with van der Waals surface area (Å²) in [6, 6.07) is 4.21. The van der Waals surface area contributed by atoms with Crippen LogP contribution in [0.3, 0.4) is 0 Å². The van der Waals surface area contributed by atoms with Crippen LogP contribution >= 0.6 is 23.1 Å². The van der Waals surface area contributed by atoms with Crippen LogP contribution in [0.15, 0.2) is 22.8 Å². The molecule has 1 fully saturated rings. The summed E-state index contributed by atoms with van der Waals surface area (Å²) in [5, 5.41) is 13.1. The average Bonchev–Trinajstić information content (AvgIpc) is 3.19. The van der Waals surface area contributed by atoms with Crippen molar-refractivity contribution in [1.29, 1.82) is 5.26 Å². The van der Waals surface area contributed by atoms with Crippen molar-refractivity contribution < 1.29 is 14.3 Å². The summed E-state index contributed by atoms with van der Waals surface area (Å²) >= 11 is 2.77. The third kappa shape index (κ3) is 4.39. The third-order valence-corrected chi connectivity index (χ3v) is 6.61. The van der Waals surface area contributed by atoms with E-state index in [4.69, 9.17) is 4.74 Å². The molecule has 0 saturated heterocycles. The number of esters is 1. The van der Waals surface area contributed by atoms with Crippen LogP contribution in [-0.2, 0) is 14.3 Å². The Hall–Kier alpha value is -2.18. The summed E-state index contributed by atoms with van der Waals surface area (Å²) in [5.74, 6) is -0.778. The number of hydrogen-bond acceptors (Lipinski definition) is 8. The van der Waals surface area contributed by atoms with Crippen molar-refractivity contribution in [3.8, 4) is 6.07 Å². The van der Waals surface area contributed by atoms with Gasteiger partial charge in [-0.3, -0.25) is 9.59 Å². The molecule has 7 nitrogen and oxygen atoms in total. The first kappa shape index (κ1) is 19.6. The second kappa shape index (κ2) is 8.67. The maximum Gasteiger partial charge on any atom is 0.316 e. The molecule has 0 aliphatic heterocycles. The van der Waals surface area contributed by atoms with Gasteiger partial charge in [-0.25, -0.2) is 9.97 Å². The largest absolute Gasteiger partial charge is 0.455 e. The van der Waals surface area contributed by atoms with E-state index >= 15 is 0 Å². The molecule has 0 spiro atoms. The molecule has 0 radical (unpaired) electrons. The summed E-state index contributed by atoms with van der Waals surface area (Å²) in [5.41, 5.74) is -0.776. The van der Waals surface area contributed by atoms with E-state index in [9.17, 15) is 14.9 Å². The molecule has 0 bridgehead atoms. The second-order valence-electron chi connectivity index (χ2n) is 6.42. The molecule has 0 aromatic carbocycles. The number of hydrogen-bond donors (Lipinski definition) is 0. The predicted octanol–water partition coefficient (Wildman–Crippen LogP) is 3.01. The van der Waals surface area contributed by atoms with Gasteiger partial charge in [-0.15, -0.1) is 11.3 Å². The Labute approximate surface area is 165 Å². The Morgan fingerprint density at radius 2 is 2.15 bits per heavy atom. The van der Waals surface area contributed by atoms with Crippen molar-refractivity contribution in [3.05, 3.63) is 17.8 Å². The van der Waals surface area contributed by atoms with E-state index in [0.717, 1.165) is 29.5 Å². The van der Waals surface area contributed by atoms with Crippen molar-refractivity contribution in [1.82, 2.24) is 14.9 Å². The topological polar surface area (TPSA) is 96.2 Å².